The lowest BCUT2D eigenvalue weighted by Crippen LogP contribution is -2.40. The van der Waals surface area contributed by atoms with E-state index in [2.05, 4.69) is 15.2 Å². The number of hydrogen-bond donors (Lipinski definition) is 1. The van der Waals surface area contributed by atoms with Crippen LogP contribution in [0.4, 0.5) is 4.39 Å². The highest BCUT2D eigenvalue weighted by Gasteiger charge is 2.25. The molecule has 0 bridgehead atoms. The minimum Gasteiger partial charge on any atom is -0.439 e. The van der Waals surface area contributed by atoms with Crippen LogP contribution in [0.25, 0.3) is 0 Å². The molecule has 1 heterocycles. The Balaban J connectivity index is 1.76. The number of nitrogens with zero attached hydrogens (tertiary/aromatic N) is 2. The van der Waals surface area contributed by atoms with E-state index in [9.17, 15) is 9.18 Å². The second-order valence-corrected chi connectivity index (χ2v) is 6.78. The zero-order valence-corrected chi connectivity index (χ0v) is 17.2. The molecule has 0 saturated heterocycles. The summed E-state index contributed by atoms with van der Waals surface area (Å²) in [5.41, 5.74) is 1.66. The van der Waals surface area contributed by atoms with E-state index in [4.69, 9.17) is 4.74 Å². The predicted octanol–water partition coefficient (Wildman–Crippen LogP) is 4.71. The Bertz CT molecular complexity index is 961. The second-order valence-electron chi connectivity index (χ2n) is 6.78. The van der Waals surface area contributed by atoms with E-state index in [1.54, 1.807) is 24.4 Å². The molecule has 3 rings (SSSR count). The van der Waals surface area contributed by atoms with Crippen LogP contribution >= 0.6 is 0 Å². The van der Waals surface area contributed by atoms with Crippen molar-refractivity contribution in [2.45, 2.75) is 26.4 Å². The van der Waals surface area contributed by atoms with Crippen LogP contribution in [0.3, 0.4) is 0 Å². The molecule has 30 heavy (non-hydrogen) atoms. The van der Waals surface area contributed by atoms with Crippen molar-refractivity contribution in [1.82, 2.24) is 15.2 Å². The van der Waals surface area contributed by atoms with Gasteiger partial charge in [0.05, 0.1) is 0 Å². The molecule has 1 unspecified atom stereocenters. The highest BCUT2D eigenvalue weighted by molar-refractivity contribution is 5.83. The summed E-state index contributed by atoms with van der Waals surface area (Å²) in [6, 6.07) is 18.8. The van der Waals surface area contributed by atoms with Gasteiger partial charge in [0.1, 0.15) is 17.6 Å². The fourth-order valence-corrected chi connectivity index (χ4v) is 3.32. The maximum Gasteiger partial charge on any atom is 0.242 e. The van der Waals surface area contributed by atoms with Crippen molar-refractivity contribution in [2.24, 2.45) is 0 Å². The van der Waals surface area contributed by atoms with Crippen LogP contribution in [-0.4, -0.2) is 28.9 Å². The number of amides is 1. The number of benzene rings is 2. The minimum atomic E-state index is -0.386. The Morgan fingerprint density at radius 2 is 1.83 bits per heavy atom. The Labute approximate surface area is 176 Å². The highest BCUT2D eigenvalue weighted by Crippen LogP contribution is 2.24. The number of carbonyl (C=O) groups excluding carboxylic acids is 1. The molecule has 0 saturated carbocycles. The lowest BCUT2D eigenvalue weighted by atomic mass is 10.0. The van der Waals surface area contributed by atoms with Crippen LogP contribution in [0.2, 0.25) is 0 Å². The van der Waals surface area contributed by atoms with Gasteiger partial charge >= 0.3 is 0 Å². The molecule has 0 aliphatic rings. The molecule has 0 radical (unpaired) electrons. The van der Waals surface area contributed by atoms with Gasteiger partial charge in [-0.2, -0.15) is 0 Å². The van der Waals surface area contributed by atoms with Gasteiger partial charge in [-0.3, -0.25) is 9.69 Å². The van der Waals surface area contributed by atoms with E-state index >= 15 is 0 Å². The number of pyridine rings is 1. The van der Waals surface area contributed by atoms with E-state index in [0.29, 0.717) is 17.2 Å². The standard InChI is InChI=1S/C24H26FN3O2/c1-3-28(4-2)22(18-10-6-5-7-11-18)23(29)27-17-19-12-9-15-26-24(19)30-21-14-8-13-20(25)16-21/h5-16,22H,3-4,17H2,1-2H3,(H,27,29). The normalized spacial score (nSPS) is 11.9. The van der Waals surface area contributed by atoms with Gasteiger partial charge in [-0.25, -0.2) is 9.37 Å². The van der Waals surface area contributed by atoms with Crippen molar-refractivity contribution in [1.29, 1.82) is 0 Å². The summed E-state index contributed by atoms with van der Waals surface area (Å²) in [7, 11) is 0. The second kappa shape index (κ2) is 10.5. The van der Waals surface area contributed by atoms with Crippen LogP contribution in [-0.2, 0) is 11.3 Å². The predicted molar refractivity (Wildman–Crippen MR) is 115 cm³/mol. The molecule has 1 aromatic heterocycles. The maximum absolute atomic E-state index is 13.5. The molecule has 1 N–H and O–H groups in total. The topological polar surface area (TPSA) is 54.5 Å². The number of aromatic nitrogens is 1. The van der Waals surface area contributed by atoms with Crippen molar-refractivity contribution in [2.75, 3.05) is 13.1 Å². The largest absolute Gasteiger partial charge is 0.439 e. The first-order valence-corrected chi connectivity index (χ1v) is 10.1. The van der Waals surface area contributed by atoms with Crippen molar-refractivity contribution in [3.8, 4) is 11.6 Å². The summed E-state index contributed by atoms with van der Waals surface area (Å²) >= 11 is 0. The molecular weight excluding hydrogens is 381 g/mol. The average molecular weight is 407 g/mol. The van der Waals surface area contributed by atoms with Crippen LogP contribution in [0.15, 0.2) is 72.9 Å². The van der Waals surface area contributed by atoms with Crippen molar-refractivity contribution < 1.29 is 13.9 Å². The van der Waals surface area contributed by atoms with Crippen molar-refractivity contribution >= 4 is 5.91 Å². The van der Waals surface area contributed by atoms with Gasteiger partial charge < -0.3 is 10.1 Å². The molecule has 0 aliphatic carbocycles. The molecular formula is C24H26FN3O2. The van der Waals surface area contributed by atoms with Gasteiger partial charge in [0, 0.05) is 24.4 Å². The van der Waals surface area contributed by atoms with Gasteiger partial charge in [-0.1, -0.05) is 56.3 Å². The molecule has 1 atom stereocenters. The lowest BCUT2D eigenvalue weighted by molar-refractivity contribution is -0.126. The van der Waals surface area contributed by atoms with Crippen molar-refractivity contribution in [3.63, 3.8) is 0 Å². The first-order valence-electron chi connectivity index (χ1n) is 10.1. The summed E-state index contributed by atoms with van der Waals surface area (Å²) in [6.07, 6.45) is 1.60. The van der Waals surface area contributed by atoms with Gasteiger partial charge in [0.25, 0.3) is 0 Å². The quantitative estimate of drug-likeness (QED) is 0.558. The molecule has 156 valence electrons. The minimum absolute atomic E-state index is 0.0922. The number of nitrogens with one attached hydrogen (secondary N) is 1. The maximum atomic E-state index is 13.5. The van der Waals surface area contributed by atoms with Crippen LogP contribution in [0.5, 0.6) is 11.6 Å². The van der Waals surface area contributed by atoms with Crippen LogP contribution in [0, 0.1) is 5.82 Å². The SMILES string of the molecule is CCN(CC)C(C(=O)NCc1cccnc1Oc1cccc(F)c1)c1ccccc1. The molecule has 5 nitrogen and oxygen atoms in total. The van der Waals surface area contributed by atoms with E-state index in [1.165, 1.54) is 12.1 Å². The third kappa shape index (κ3) is 5.42. The first-order chi connectivity index (χ1) is 14.6. The zero-order valence-electron chi connectivity index (χ0n) is 17.2. The molecule has 0 spiro atoms. The Hall–Kier alpha value is -3.25. The summed E-state index contributed by atoms with van der Waals surface area (Å²) < 4.78 is 19.2. The summed E-state index contributed by atoms with van der Waals surface area (Å²) in [5, 5.41) is 3.01. The Kier molecular flexibility index (Phi) is 7.51. The molecule has 0 fully saturated rings. The summed E-state index contributed by atoms with van der Waals surface area (Å²) in [5.74, 6) is 0.211. The monoisotopic (exact) mass is 407 g/mol. The summed E-state index contributed by atoms with van der Waals surface area (Å²) in [6.45, 7) is 5.84. The Morgan fingerprint density at radius 1 is 1.07 bits per heavy atom. The van der Waals surface area contributed by atoms with Crippen molar-refractivity contribution in [3.05, 3.63) is 89.9 Å². The number of rotatable bonds is 9. The Morgan fingerprint density at radius 3 is 2.53 bits per heavy atom. The first kappa shape index (κ1) is 21.5. The molecule has 0 aliphatic heterocycles. The highest BCUT2D eigenvalue weighted by atomic mass is 19.1. The fourth-order valence-electron chi connectivity index (χ4n) is 3.32. The number of carbonyl (C=O) groups is 1. The van der Waals surface area contributed by atoms with Gasteiger partial charge in [-0.15, -0.1) is 0 Å². The molecule has 6 heteroatoms. The van der Waals surface area contributed by atoms with E-state index in [-0.39, 0.29) is 24.3 Å². The van der Waals surface area contributed by atoms with E-state index in [0.717, 1.165) is 18.7 Å². The smallest absolute Gasteiger partial charge is 0.242 e. The lowest BCUT2D eigenvalue weighted by Gasteiger charge is -2.29. The third-order valence-electron chi connectivity index (χ3n) is 4.85. The molecule has 2 aromatic carbocycles. The van der Waals surface area contributed by atoms with Crippen LogP contribution in [0.1, 0.15) is 31.0 Å². The summed E-state index contributed by atoms with van der Waals surface area (Å²) in [4.78, 5) is 19.5. The van der Waals surface area contributed by atoms with Gasteiger partial charge in [-0.05, 0) is 36.9 Å². The molecule has 3 aromatic rings. The fraction of sp³-hybridized carbons (Fsp3) is 0.250. The average Bonchev–Trinajstić information content (AvgIpc) is 2.77. The molecule has 1 amide bonds. The number of ether oxygens (including phenoxy) is 1. The zero-order chi connectivity index (χ0) is 21.3. The number of halogens is 1. The number of hydrogen-bond acceptors (Lipinski definition) is 4. The number of likely N-dealkylation sites (N-methyl/N-ethyl adjacent to an activating group) is 1. The van der Waals surface area contributed by atoms with E-state index < -0.39 is 0 Å². The van der Waals surface area contributed by atoms with Crippen LogP contribution < -0.4 is 10.1 Å². The van der Waals surface area contributed by atoms with E-state index in [1.807, 2.05) is 50.2 Å². The third-order valence-corrected chi connectivity index (χ3v) is 4.85. The van der Waals surface area contributed by atoms with Gasteiger partial charge in [0.15, 0.2) is 0 Å². The van der Waals surface area contributed by atoms with Gasteiger partial charge in [0.2, 0.25) is 11.8 Å².